The maximum atomic E-state index is 9.51. The summed E-state index contributed by atoms with van der Waals surface area (Å²) in [5, 5.41) is 20.8. The summed E-state index contributed by atoms with van der Waals surface area (Å²) in [6.45, 7) is 1.70. The number of nitrogens with zero attached hydrogens (tertiary/aromatic N) is 1. The van der Waals surface area contributed by atoms with Gasteiger partial charge in [0.2, 0.25) is 0 Å². The van der Waals surface area contributed by atoms with Crippen LogP contribution in [0.25, 0.3) is 0 Å². The molecule has 0 saturated heterocycles. The second-order valence-corrected chi connectivity index (χ2v) is 2.83. The fourth-order valence-corrected chi connectivity index (χ4v) is 1.11. The monoisotopic (exact) mass is 196 g/mol. The minimum absolute atomic E-state index is 0.0219. The van der Waals surface area contributed by atoms with Crippen molar-refractivity contribution in [2.24, 2.45) is 10.9 Å². The minimum Gasteiger partial charge on any atom is -0.504 e. The number of amidine groups is 1. The number of benzene rings is 1. The van der Waals surface area contributed by atoms with Gasteiger partial charge in [-0.3, -0.25) is 0 Å². The maximum absolute atomic E-state index is 9.51. The zero-order valence-electron chi connectivity index (χ0n) is 7.98. The molecule has 0 aliphatic rings. The minimum atomic E-state index is -0.0219. The van der Waals surface area contributed by atoms with E-state index >= 15 is 0 Å². The van der Waals surface area contributed by atoms with Crippen LogP contribution in [0.4, 0.5) is 0 Å². The standard InChI is InChI=1S/C9H12N2O3/c1-5-3-6(9(10)11-13)4-7(14-2)8(5)12/h3-4,12-13H,1-2H3,(H2,10,11). The molecule has 4 N–H and O–H groups in total. The molecule has 5 heteroatoms. The Bertz CT molecular complexity index is 375. The van der Waals surface area contributed by atoms with Gasteiger partial charge in [-0.2, -0.15) is 0 Å². The molecule has 1 rings (SSSR count). The Morgan fingerprint density at radius 2 is 2.14 bits per heavy atom. The number of hydrogen-bond donors (Lipinski definition) is 3. The average Bonchev–Trinajstić information content (AvgIpc) is 2.20. The Morgan fingerprint density at radius 3 is 2.64 bits per heavy atom. The first-order chi connectivity index (χ1) is 6.60. The number of phenolic OH excluding ortho intramolecular Hbond substituents is 1. The van der Waals surface area contributed by atoms with Gasteiger partial charge in [-0.25, -0.2) is 0 Å². The molecule has 0 radical (unpaired) electrons. The van der Waals surface area contributed by atoms with Crippen molar-refractivity contribution >= 4 is 5.84 Å². The molecule has 0 aromatic heterocycles. The highest BCUT2D eigenvalue weighted by Crippen LogP contribution is 2.30. The molecule has 0 bridgehead atoms. The van der Waals surface area contributed by atoms with Gasteiger partial charge in [0.15, 0.2) is 17.3 Å². The molecule has 0 amide bonds. The van der Waals surface area contributed by atoms with Gasteiger partial charge in [0, 0.05) is 5.56 Å². The van der Waals surface area contributed by atoms with E-state index in [1.807, 2.05) is 0 Å². The van der Waals surface area contributed by atoms with E-state index in [1.54, 1.807) is 13.0 Å². The van der Waals surface area contributed by atoms with E-state index in [1.165, 1.54) is 13.2 Å². The van der Waals surface area contributed by atoms with E-state index in [9.17, 15) is 5.11 Å². The first-order valence-electron chi connectivity index (χ1n) is 3.95. The van der Waals surface area contributed by atoms with E-state index in [-0.39, 0.29) is 11.6 Å². The number of nitrogens with two attached hydrogens (primary N) is 1. The lowest BCUT2D eigenvalue weighted by molar-refractivity contribution is 0.318. The van der Waals surface area contributed by atoms with Gasteiger partial charge in [0.05, 0.1) is 7.11 Å². The highest BCUT2D eigenvalue weighted by Gasteiger charge is 2.09. The molecule has 14 heavy (non-hydrogen) atoms. The van der Waals surface area contributed by atoms with Crippen LogP contribution in [0.3, 0.4) is 0 Å². The van der Waals surface area contributed by atoms with E-state index in [4.69, 9.17) is 15.7 Å². The summed E-state index contributed by atoms with van der Waals surface area (Å²) in [5.74, 6) is 0.333. The van der Waals surface area contributed by atoms with Crippen LogP contribution in [-0.4, -0.2) is 23.3 Å². The van der Waals surface area contributed by atoms with Gasteiger partial charge in [-0.1, -0.05) is 5.16 Å². The molecule has 0 atom stereocenters. The van der Waals surface area contributed by atoms with E-state index in [2.05, 4.69) is 5.16 Å². The van der Waals surface area contributed by atoms with Crippen LogP contribution >= 0.6 is 0 Å². The molecule has 1 aromatic rings. The van der Waals surface area contributed by atoms with Crippen LogP contribution in [0.1, 0.15) is 11.1 Å². The molecule has 0 saturated carbocycles. The molecule has 76 valence electrons. The summed E-state index contributed by atoms with van der Waals surface area (Å²) in [5.41, 5.74) is 6.50. The summed E-state index contributed by atoms with van der Waals surface area (Å²) in [6.07, 6.45) is 0. The molecule has 0 aliphatic carbocycles. The van der Waals surface area contributed by atoms with Crippen LogP contribution < -0.4 is 10.5 Å². The zero-order chi connectivity index (χ0) is 10.7. The Labute approximate surface area is 81.4 Å². The first-order valence-corrected chi connectivity index (χ1v) is 3.95. The number of aryl methyl sites for hydroxylation is 1. The average molecular weight is 196 g/mol. The number of phenols is 1. The third-order valence-corrected chi connectivity index (χ3v) is 1.89. The van der Waals surface area contributed by atoms with Gasteiger partial charge in [-0.15, -0.1) is 0 Å². The second kappa shape index (κ2) is 3.87. The molecule has 1 aromatic carbocycles. The number of methoxy groups -OCH3 is 1. The number of aromatic hydroxyl groups is 1. The van der Waals surface area contributed by atoms with Crippen molar-refractivity contribution in [3.8, 4) is 11.5 Å². The summed E-state index contributed by atoms with van der Waals surface area (Å²) >= 11 is 0. The molecule has 5 nitrogen and oxygen atoms in total. The molecule has 0 heterocycles. The third-order valence-electron chi connectivity index (χ3n) is 1.89. The lowest BCUT2D eigenvalue weighted by atomic mass is 10.1. The van der Waals surface area contributed by atoms with Crippen LogP contribution in [0, 0.1) is 6.92 Å². The Kier molecular flexibility index (Phi) is 2.81. The number of oxime groups is 1. The highest BCUT2D eigenvalue weighted by molar-refractivity contribution is 5.97. The van der Waals surface area contributed by atoms with Crippen LogP contribution in [-0.2, 0) is 0 Å². The topological polar surface area (TPSA) is 88.1 Å². The van der Waals surface area contributed by atoms with Gasteiger partial charge in [-0.05, 0) is 24.6 Å². The van der Waals surface area contributed by atoms with Crippen molar-refractivity contribution in [1.29, 1.82) is 0 Å². The maximum Gasteiger partial charge on any atom is 0.170 e. The van der Waals surface area contributed by atoms with Crippen molar-refractivity contribution in [2.75, 3.05) is 7.11 Å². The summed E-state index contributed by atoms with van der Waals surface area (Å²) in [7, 11) is 1.44. The van der Waals surface area contributed by atoms with Crippen LogP contribution in [0.5, 0.6) is 11.5 Å². The van der Waals surface area contributed by atoms with E-state index in [0.29, 0.717) is 16.9 Å². The van der Waals surface area contributed by atoms with Gasteiger partial charge < -0.3 is 20.8 Å². The predicted molar refractivity (Wildman–Crippen MR) is 51.9 cm³/mol. The fourth-order valence-electron chi connectivity index (χ4n) is 1.11. The molecule has 0 aliphatic heterocycles. The summed E-state index contributed by atoms with van der Waals surface area (Å²) in [6, 6.07) is 3.10. The van der Waals surface area contributed by atoms with Gasteiger partial charge in [0.1, 0.15) is 0 Å². The van der Waals surface area contributed by atoms with Gasteiger partial charge in [0.25, 0.3) is 0 Å². The fraction of sp³-hybridized carbons (Fsp3) is 0.222. The van der Waals surface area contributed by atoms with Crippen molar-refractivity contribution in [2.45, 2.75) is 6.92 Å². The van der Waals surface area contributed by atoms with Crippen LogP contribution in [0.2, 0.25) is 0 Å². The quantitative estimate of drug-likeness (QED) is 0.282. The third kappa shape index (κ3) is 1.71. The summed E-state index contributed by atoms with van der Waals surface area (Å²) in [4.78, 5) is 0. The number of ether oxygens (including phenoxy) is 1. The Hall–Kier alpha value is -1.91. The molecular weight excluding hydrogens is 184 g/mol. The molecule has 0 fully saturated rings. The summed E-state index contributed by atoms with van der Waals surface area (Å²) < 4.78 is 4.92. The highest BCUT2D eigenvalue weighted by atomic mass is 16.5. The van der Waals surface area contributed by atoms with Crippen molar-refractivity contribution in [3.05, 3.63) is 23.3 Å². The van der Waals surface area contributed by atoms with E-state index < -0.39 is 0 Å². The first kappa shape index (κ1) is 10.2. The van der Waals surface area contributed by atoms with Crippen LogP contribution in [0.15, 0.2) is 17.3 Å². The largest absolute Gasteiger partial charge is 0.504 e. The smallest absolute Gasteiger partial charge is 0.170 e. The van der Waals surface area contributed by atoms with Crippen molar-refractivity contribution in [3.63, 3.8) is 0 Å². The normalized spacial score (nSPS) is 11.4. The van der Waals surface area contributed by atoms with E-state index in [0.717, 1.165) is 0 Å². The Morgan fingerprint density at radius 1 is 1.50 bits per heavy atom. The zero-order valence-corrected chi connectivity index (χ0v) is 7.98. The molecule has 0 unspecified atom stereocenters. The second-order valence-electron chi connectivity index (χ2n) is 2.83. The number of hydrogen-bond acceptors (Lipinski definition) is 4. The van der Waals surface area contributed by atoms with Gasteiger partial charge >= 0.3 is 0 Å². The molecule has 0 spiro atoms. The van der Waals surface area contributed by atoms with Crippen molar-refractivity contribution in [1.82, 2.24) is 0 Å². The van der Waals surface area contributed by atoms with Crippen molar-refractivity contribution < 1.29 is 15.1 Å². The number of rotatable bonds is 2. The predicted octanol–water partition coefficient (Wildman–Crippen LogP) is 0.804. The molecular formula is C9H12N2O3. The lowest BCUT2D eigenvalue weighted by Gasteiger charge is -2.08. The SMILES string of the molecule is COc1cc(/C(N)=N/O)cc(C)c1O. The Balaban J connectivity index is 3.30. The lowest BCUT2D eigenvalue weighted by Crippen LogP contribution is -2.13.